The molecule has 5 nitrogen and oxygen atoms in total. The number of H-pyrrole nitrogens is 1. The highest BCUT2D eigenvalue weighted by molar-refractivity contribution is 5.67. The summed E-state index contributed by atoms with van der Waals surface area (Å²) in [5.41, 5.74) is 0.962. The molecule has 0 spiro atoms. The molecule has 2 aromatic rings. The van der Waals surface area contributed by atoms with Gasteiger partial charge >= 0.3 is 6.09 Å². The maximum absolute atomic E-state index is 11.4. The Balaban J connectivity index is 1.65. The summed E-state index contributed by atoms with van der Waals surface area (Å²) < 4.78 is 5.06. The Morgan fingerprint density at radius 1 is 1.37 bits per heavy atom. The summed E-state index contributed by atoms with van der Waals surface area (Å²) in [6.07, 6.45) is 6.55. The first kappa shape index (κ1) is 12.9. The Labute approximate surface area is 111 Å². The van der Waals surface area contributed by atoms with Crippen molar-refractivity contribution in [2.24, 2.45) is 0 Å². The minimum absolute atomic E-state index is 0.272. The number of nitrogens with one attached hydrogen (secondary N) is 2. The smallest absolute Gasteiger partial charge is 0.407 e. The molecule has 0 bridgehead atoms. The topological polar surface area (TPSA) is 67.0 Å². The minimum Gasteiger partial charge on any atom is -0.445 e. The summed E-state index contributed by atoms with van der Waals surface area (Å²) in [6, 6.07) is 9.54. The molecule has 0 atom stereocenters. The largest absolute Gasteiger partial charge is 0.445 e. The van der Waals surface area contributed by atoms with Gasteiger partial charge in [-0.1, -0.05) is 36.4 Å². The van der Waals surface area contributed by atoms with Gasteiger partial charge in [-0.3, -0.25) is 0 Å². The third kappa shape index (κ3) is 4.67. The van der Waals surface area contributed by atoms with Crippen molar-refractivity contribution >= 4 is 12.2 Å². The van der Waals surface area contributed by atoms with Crippen LogP contribution in [0.1, 0.15) is 11.4 Å². The Morgan fingerprint density at radius 3 is 2.95 bits per heavy atom. The Hall–Kier alpha value is -2.56. The molecule has 0 aliphatic rings. The Morgan fingerprint density at radius 2 is 2.21 bits per heavy atom. The first-order valence-electron chi connectivity index (χ1n) is 5.95. The van der Waals surface area contributed by atoms with Crippen molar-refractivity contribution in [1.82, 2.24) is 15.3 Å². The molecule has 2 rings (SSSR count). The van der Waals surface area contributed by atoms with Crippen molar-refractivity contribution in [2.45, 2.75) is 6.61 Å². The van der Waals surface area contributed by atoms with Crippen LogP contribution in [0.4, 0.5) is 4.79 Å². The predicted molar refractivity (Wildman–Crippen MR) is 72.3 cm³/mol. The van der Waals surface area contributed by atoms with E-state index in [0.29, 0.717) is 6.54 Å². The van der Waals surface area contributed by atoms with Crippen molar-refractivity contribution in [3.63, 3.8) is 0 Å². The number of hydrogen-bond acceptors (Lipinski definition) is 3. The number of aromatic nitrogens is 2. The van der Waals surface area contributed by atoms with E-state index in [1.807, 2.05) is 30.3 Å². The summed E-state index contributed by atoms with van der Waals surface area (Å²) >= 11 is 0. The van der Waals surface area contributed by atoms with Crippen LogP contribution in [0.3, 0.4) is 0 Å². The van der Waals surface area contributed by atoms with E-state index in [1.54, 1.807) is 24.5 Å². The highest BCUT2D eigenvalue weighted by atomic mass is 16.5. The lowest BCUT2D eigenvalue weighted by Gasteiger charge is -2.04. The molecular formula is C14H15N3O2. The second kappa shape index (κ2) is 7.00. The van der Waals surface area contributed by atoms with Crippen molar-refractivity contribution < 1.29 is 9.53 Å². The van der Waals surface area contributed by atoms with E-state index in [-0.39, 0.29) is 6.61 Å². The van der Waals surface area contributed by atoms with Gasteiger partial charge in [-0.05, 0) is 11.6 Å². The van der Waals surface area contributed by atoms with Gasteiger partial charge in [0, 0.05) is 18.9 Å². The molecule has 1 heterocycles. The fraction of sp³-hybridized carbons (Fsp3) is 0.143. The van der Waals surface area contributed by atoms with Gasteiger partial charge in [0.05, 0.1) is 0 Å². The van der Waals surface area contributed by atoms with E-state index in [2.05, 4.69) is 15.3 Å². The quantitative estimate of drug-likeness (QED) is 0.864. The van der Waals surface area contributed by atoms with Gasteiger partial charge in [-0.25, -0.2) is 9.78 Å². The van der Waals surface area contributed by atoms with E-state index < -0.39 is 6.09 Å². The monoisotopic (exact) mass is 257 g/mol. The number of nitrogens with zero attached hydrogens (tertiary/aromatic N) is 1. The lowest BCUT2D eigenvalue weighted by Crippen LogP contribution is -2.24. The number of hydrogen-bond donors (Lipinski definition) is 2. The van der Waals surface area contributed by atoms with Gasteiger partial charge in [-0.15, -0.1) is 0 Å². The molecule has 1 aromatic carbocycles. The summed E-state index contributed by atoms with van der Waals surface area (Å²) in [7, 11) is 0. The molecule has 98 valence electrons. The summed E-state index contributed by atoms with van der Waals surface area (Å²) in [4.78, 5) is 18.3. The molecule has 1 aromatic heterocycles. The summed E-state index contributed by atoms with van der Waals surface area (Å²) in [5, 5.41) is 2.63. The van der Waals surface area contributed by atoms with Crippen LogP contribution in [0.5, 0.6) is 0 Å². The Kier molecular flexibility index (Phi) is 4.75. The van der Waals surface area contributed by atoms with E-state index in [1.165, 1.54) is 0 Å². The molecule has 2 N–H and O–H groups in total. The average molecular weight is 257 g/mol. The average Bonchev–Trinajstić information content (AvgIpc) is 2.96. The Bertz CT molecular complexity index is 521. The van der Waals surface area contributed by atoms with Crippen LogP contribution in [0, 0.1) is 0 Å². The number of aromatic amines is 1. The van der Waals surface area contributed by atoms with Crippen molar-refractivity contribution in [1.29, 1.82) is 0 Å². The normalized spacial score (nSPS) is 10.5. The van der Waals surface area contributed by atoms with Crippen LogP contribution in [-0.4, -0.2) is 22.6 Å². The summed E-state index contributed by atoms with van der Waals surface area (Å²) in [5.74, 6) is 0.749. The second-order valence-electron chi connectivity index (χ2n) is 3.82. The van der Waals surface area contributed by atoms with E-state index in [9.17, 15) is 4.79 Å². The van der Waals surface area contributed by atoms with Gasteiger partial charge in [-0.2, -0.15) is 0 Å². The molecule has 0 aliphatic heterocycles. The molecule has 0 aliphatic carbocycles. The lowest BCUT2D eigenvalue weighted by molar-refractivity contribution is 0.141. The van der Waals surface area contributed by atoms with Gasteiger partial charge in [0.25, 0.3) is 0 Å². The first-order valence-corrected chi connectivity index (χ1v) is 5.95. The molecular weight excluding hydrogens is 242 g/mol. The highest BCUT2D eigenvalue weighted by Crippen LogP contribution is 2.00. The van der Waals surface area contributed by atoms with Crippen LogP contribution in [0.25, 0.3) is 6.08 Å². The van der Waals surface area contributed by atoms with Crippen LogP contribution < -0.4 is 5.32 Å². The fourth-order valence-corrected chi connectivity index (χ4v) is 1.46. The molecule has 1 amide bonds. The van der Waals surface area contributed by atoms with E-state index >= 15 is 0 Å². The molecule has 19 heavy (non-hydrogen) atoms. The standard InChI is InChI=1S/C14H15N3O2/c18-14(19-11-12-5-2-1-3-6-12)17-8-4-7-13-15-9-10-16-13/h1-7,9-10H,8,11H2,(H,15,16)(H,17,18). The number of rotatable bonds is 5. The van der Waals surface area contributed by atoms with Crippen molar-refractivity contribution in [2.75, 3.05) is 6.54 Å². The number of imidazole rings is 1. The number of carbonyl (C=O) groups excluding carboxylic acids is 1. The maximum atomic E-state index is 11.4. The van der Waals surface area contributed by atoms with E-state index in [0.717, 1.165) is 11.4 Å². The molecule has 0 saturated carbocycles. The van der Waals surface area contributed by atoms with Crippen LogP contribution in [0.2, 0.25) is 0 Å². The molecule has 0 fully saturated rings. The minimum atomic E-state index is -0.437. The fourth-order valence-electron chi connectivity index (χ4n) is 1.46. The number of alkyl carbamates (subject to hydrolysis) is 1. The lowest BCUT2D eigenvalue weighted by atomic mass is 10.2. The zero-order chi connectivity index (χ0) is 13.3. The molecule has 0 saturated heterocycles. The number of carbonyl (C=O) groups is 1. The number of ether oxygens (including phenoxy) is 1. The highest BCUT2D eigenvalue weighted by Gasteiger charge is 1.99. The molecule has 0 unspecified atom stereocenters. The van der Waals surface area contributed by atoms with Crippen LogP contribution >= 0.6 is 0 Å². The van der Waals surface area contributed by atoms with Gasteiger partial charge in [0.2, 0.25) is 0 Å². The van der Waals surface area contributed by atoms with E-state index in [4.69, 9.17) is 4.74 Å². The number of amides is 1. The second-order valence-corrected chi connectivity index (χ2v) is 3.82. The molecule has 0 radical (unpaired) electrons. The first-order chi connectivity index (χ1) is 9.34. The van der Waals surface area contributed by atoms with Gasteiger partial charge in [0.15, 0.2) is 0 Å². The third-order valence-electron chi connectivity index (χ3n) is 2.37. The SMILES string of the molecule is O=C(NCC=Cc1ncc[nH]1)OCc1ccccc1. The van der Waals surface area contributed by atoms with Crippen molar-refractivity contribution in [3.8, 4) is 0 Å². The zero-order valence-corrected chi connectivity index (χ0v) is 10.4. The van der Waals surface area contributed by atoms with Gasteiger partial charge < -0.3 is 15.0 Å². The maximum Gasteiger partial charge on any atom is 0.407 e. The summed E-state index contributed by atoms with van der Waals surface area (Å²) in [6.45, 7) is 0.670. The van der Waals surface area contributed by atoms with Crippen LogP contribution in [0.15, 0.2) is 48.8 Å². The zero-order valence-electron chi connectivity index (χ0n) is 10.4. The number of benzene rings is 1. The predicted octanol–water partition coefficient (Wildman–Crippen LogP) is 2.35. The van der Waals surface area contributed by atoms with Crippen molar-refractivity contribution in [3.05, 3.63) is 60.2 Å². The third-order valence-corrected chi connectivity index (χ3v) is 2.37. The van der Waals surface area contributed by atoms with Crippen LogP contribution in [-0.2, 0) is 11.3 Å². The molecule has 5 heteroatoms. The van der Waals surface area contributed by atoms with Gasteiger partial charge in [0.1, 0.15) is 12.4 Å².